The Morgan fingerprint density at radius 3 is 2.52 bits per heavy atom. The third kappa shape index (κ3) is 4.77. The van der Waals surface area contributed by atoms with Crippen molar-refractivity contribution in [3.8, 4) is 17.3 Å². The number of nitriles is 1. The Morgan fingerprint density at radius 2 is 1.77 bits per heavy atom. The number of nitrogens with zero attached hydrogens (tertiary/aromatic N) is 2. The van der Waals surface area contributed by atoms with E-state index < -0.39 is 0 Å². The predicted molar refractivity (Wildman–Crippen MR) is 130 cm³/mol. The molecule has 1 heterocycles. The molecule has 31 heavy (non-hydrogen) atoms. The summed E-state index contributed by atoms with van der Waals surface area (Å²) >= 11 is 8.79. The molecule has 0 bridgehead atoms. The highest BCUT2D eigenvalue weighted by Crippen LogP contribution is 2.26. The van der Waals surface area contributed by atoms with Crippen LogP contribution in [0.4, 0.5) is 5.69 Å². The van der Waals surface area contributed by atoms with Crippen LogP contribution in [0.3, 0.4) is 0 Å². The smallest absolute Gasteiger partial charge is 0.258 e. The molecule has 5 nitrogen and oxygen atoms in total. The van der Waals surface area contributed by atoms with Crippen molar-refractivity contribution in [3.05, 3.63) is 94.5 Å². The highest BCUT2D eigenvalue weighted by Gasteiger charge is 2.15. The van der Waals surface area contributed by atoms with Crippen molar-refractivity contribution in [1.29, 1.82) is 5.26 Å². The summed E-state index contributed by atoms with van der Waals surface area (Å²) in [6, 6.07) is 25.9. The van der Waals surface area contributed by atoms with Crippen molar-refractivity contribution < 1.29 is 4.79 Å². The topological polar surface area (TPSA) is 77.8 Å². The van der Waals surface area contributed by atoms with Gasteiger partial charge in [0.15, 0.2) is 5.11 Å². The molecule has 4 aromatic rings. The van der Waals surface area contributed by atoms with E-state index in [0.29, 0.717) is 22.5 Å². The van der Waals surface area contributed by atoms with Gasteiger partial charge >= 0.3 is 0 Å². The molecular weight excluding hydrogens is 472 g/mol. The number of amides is 1. The summed E-state index contributed by atoms with van der Waals surface area (Å²) in [7, 11) is 0. The van der Waals surface area contributed by atoms with Crippen LogP contribution in [0.1, 0.15) is 15.9 Å². The molecule has 0 saturated heterocycles. The lowest BCUT2D eigenvalue weighted by atomic mass is 10.0. The first-order valence-electron chi connectivity index (χ1n) is 9.32. The Bertz CT molecular complexity index is 1350. The first kappa shape index (κ1) is 20.7. The summed E-state index contributed by atoms with van der Waals surface area (Å²) in [4.78, 5) is 17.8. The third-order valence-corrected chi connectivity index (χ3v) is 5.28. The van der Waals surface area contributed by atoms with E-state index in [1.165, 1.54) is 0 Å². The number of anilines is 1. The molecule has 0 radical (unpaired) electrons. The van der Waals surface area contributed by atoms with Crippen molar-refractivity contribution in [2.24, 2.45) is 0 Å². The fourth-order valence-corrected chi connectivity index (χ4v) is 3.73. The van der Waals surface area contributed by atoms with Gasteiger partial charge in [-0.1, -0.05) is 46.3 Å². The molecule has 0 aliphatic carbocycles. The van der Waals surface area contributed by atoms with Crippen molar-refractivity contribution in [3.63, 3.8) is 0 Å². The number of carbonyl (C=O) groups is 1. The molecule has 0 aliphatic heterocycles. The van der Waals surface area contributed by atoms with Crippen molar-refractivity contribution in [1.82, 2.24) is 10.3 Å². The number of hydrogen-bond donors (Lipinski definition) is 2. The van der Waals surface area contributed by atoms with Gasteiger partial charge in [0.05, 0.1) is 28.4 Å². The maximum Gasteiger partial charge on any atom is 0.258 e. The number of thiocarbonyl (C=S) groups is 1. The van der Waals surface area contributed by atoms with Crippen LogP contribution in [0, 0.1) is 11.3 Å². The van der Waals surface area contributed by atoms with Gasteiger partial charge in [0.1, 0.15) is 0 Å². The summed E-state index contributed by atoms with van der Waals surface area (Å²) in [6.45, 7) is 0. The van der Waals surface area contributed by atoms with Crippen molar-refractivity contribution in [2.45, 2.75) is 0 Å². The molecule has 0 spiro atoms. The van der Waals surface area contributed by atoms with E-state index in [4.69, 9.17) is 22.5 Å². The number of para-hydroxylation sites is 1. The van der Waals surface area contributed by atoms with Crippen molar-refractivity contribution in [2.75, 3.05) is 5.32 Å². The second kappa shape index (κ2) is 9.04. The quantitative estimate of drug-likeness (QED) is 0.365. The number of hydrogen-bond acceptors (Lipinski definition) is 4. The monoisotopic (exact) mass is 486 g/mol. The zero-order valence-corrected chi connectivity index (χ0v) is 18.5. The summed E-state index contributed by atoms with van der Waals surface area (Å²) in [5, 5.41) is 15.5. The van der Waals surface area contributed by atoms with Gasteiger partial charge in [0, 0.05) is 21.1 Å². The number of aromatic nitrogens is 1. The molecule has 7 heteroatoms. The Morgan fingerprint density at radius 1 is 1.00 bits per heavy atom. The minimum Gasteiger partial charge on any atom is -0.332 e. The fraction of sp³-hybridized carbons (Fsp3) is 0. The Kier molecular flexibility index (Phi) is 6.03. The number of fused-ring (bicyclic) bond motifs is 1. The van der Waals surface area contributed by atoms with Gasteiger partial charge in [-0.15, -0.1) is 0 Å². The lowest BCUT2D eigenvalue weighted by Crippen LogP contribution is -2.34. The molecule has 0 unspecified atom stereocenters. The van der Waals surface area contributed by atoms with Crippen LogP contribution in [-0.4, -0.2) is 16.0 Å². The van der Waals surface area contributed by atoms with E-state index in [-0.39, 0.29) is 11.0 Å². The molecule has 0 fully saturated rings. The summed E-state index contributed by atoms with van der Waals surface area (Å²) in [5.41, 5.74) is 4.01. The molecule has 1 amide bonds. The first-order valence-corrected chi connectivity index (χ1v) is 10.5. The van der Waals surface area contributed by atoms with Crippen molar-refractivity contribution >= 4 is 55.8 Å². The summed E-state index contributed by atoms with van der Waals surface area (Å²) < 4.78 is 0.929. The van der Waals surface area contributed by atoms with Crippen LogP contribution >= 0.6 is 28.1 Å². The molecule has 2 N–H and O–H groups in total. The Hall–Kier alpha value is -3.60. The molecule has 3 aromatic carbocycles. The van der Waals surface area contributed by atoms with Gasteiger partial charge in [-0.05, 0) is 60.7 Å². The SMILES string of the molecule is N#Cc1ccc(NC(=S)NC(=O)c2cc(-c3cccc(Br)c3)nc3ccccc23)cc1. The third-order valence-electron chi connectivity index (χ3n) is 4.58. The van der Waals surface area contributed by atoms with E-state index in [1.54, 1.807) is 30.3 Å². The summed E-state index contributed by atoms with van der Waals surface area (Å²) in [5.74, 6) is -0.332. The molecule has 0 aliphatic rings. The molecule has 0 atom stereocenters. The average Bonchev–Trinajstić information content (AvgIpc) is 2.78. The Labute approximate surface area is 192 Å². The molecule has 4 rings (SSSR count). The second-order valence-corrected chi connectivity index (χ2v) is 8.00. The highest BCUT2D eigenvalue weighted by molar-refractivity contribution is 9.10. The number of benzene rings is 3. The minimum atomic E-state index is -0.332. The van der Waals surface area contributed by atoms with Crippen LogP contribution in [0.25, 0.3) is 22.2 Å². The van der Waals surface area contributed by atoms with Gasteiger partial charge < -0.3 is 5.32 Å². The minimum absolute atomic E-state index is 0.166. The zero-order valence-electron chi connectivity index (χ0n) is 16.1. The lowest BCUT2D eigenvalue weighted by molar-refractivity contribution is 0.0979. The van der Waals surface area contributed by atoms with Gasteiger partial charge in [-0.25, -0.2) is 4.98 Å². The number of rotatable bonds is 3. The average molecular weight is 487 g/mol. The largest absolute Gasteiger partial charge is 0.332 e. The number of halogens is 1. The van der Waals surface area contributed by atoms with E-state index in [1.807, 2.05) is 48.5 Å². The van der Waals surface area contributed by atoms with Gasteiger partial charge in [0.2, 0.25) is 0 Å². The maximum absolute atomic E-state index is 13.1. The summed E-state index contributed by atoms with van der Waals surface area (Å²) in [6.07, 6.45) is 0. The van der Waals surface area contributed by atoms with Gasteiger partial charge in [-0.3, -0.25) is 10.1 Å². The fourth-order valence-electron chi connectivity index (χ4n) is 3.12. The van der Waals surface area contributed by atoms with Gasteiger partial charge in [-0.2, -0.15) is 5.26 Å². The standard InChI is InChI=1S/C24H15BrN4OS/c25-17-5-3-4-16(12-17)22-13-20(19-6-1-2-7-21(19)28-22)23(30)29-24(31)27-18-10-8-15(14-26)9-11-18/h1-13H,(H2,27,29,30,31). The van der Waals surface area contributed by atoms with Crippen LogP contribution in [0.15, 0.2) is 83.3 Å². The number of carbonyl (C=O) groups excluding carboxylic acids is 1. The van der Waals surface area contributed by atoms with E-state index >= 15 is 0 Å². The van der Waals surface area contributed by atoms with Crippen LogP contribution < -0.4 is 10.6 Å². The predicted octanol–water partition coefficient (Wildman–Crippen LogP) is 5.66. The van der Waals surface area contributed by atoms with E-state index in [9.17, 15) is 4.79 Å². The Balaban J connectivity index is 1.63. The zero-order chi connectivity index (χ0) is 21.8. The van der Waals surface area contributed by atoms with Crippen LogP contribution in [0.5, 0.6) is 0 Å². The maximum atomic E-state index is 13.1. The highest BCUT2D eigenvalue weighted by atomic mass is 79.9. The normalized spacial score (nSPS) is 10.3. The van der Waals surface area contributed by atoms with Crippen LogP contribution in [-0.2, 0) is 0 Å². The molecule has 0 saturated carbocycles. The lowest BCUT2D eigenvalue weighted by Gasteiger charge is -2.12. The van der Waals surface area contributed by atoms with Gasteiger partial charge in [0.25, 0.3) is 5.91 Å². The number of nitrogens with one attached hydrogen (secondary N) is 2. The first-order chi connectivity index (χ1) is 15.0. The number of pyridine rings is 1. The van der Waals surface area contributed by atoms with E-state index in [0.717, 1.165) is 20.9 Å². The second-order valence-electron chi connectivity index (χ2n) is 6.68. The molecule has 150 valence electrons. The van der Waals surface area contributed by atoms with Crippen LogP contribution in [0.2, 0.25) is 0 Å². The van der Waals surface area contributed by atoms with E-state index in [2.05, 4.69) is 32.6 Å². The molecule has 1 aromatic heterocycles. The molecular formula is C24H15BrN4OS.